The first-order valence-electron chi connectivity index (χ1n) is 11.2. The molecule has 1 aromatic carbocycles. The highest BCUT2D eigenvalue weighted by Gasteiger charge is 2.37. The quantitative estimate of drug-likeness (QED) is 0.764. The van der Waals surface area contributed by atoms with E-state index < -0.39 is 0 Å². The molecule has 0 saturated carbocycles. The number of carbonyl (C=O) groups excluding carboxylic acids is 2. The van der Waals surface area contributed by atoms with Crippen molar-refractivity contribution in [2.75, 3.05) is 39.3 Å². The minimum Gasteiger partial charge on any atom is -0.484 e. The van der Waals surface area contributed by atoms with Crippen molar-refractivity contribution < 1.29 is 14.3 Å². The Labute approximate surface area is 173 Å². The molecule has 3 saturated heterocycles. The van der Waals surface area contributed by atoms with Gasteiger partial charge in [0.15, 0.2) is 6.61 Å². The first kappa shape index (κ1) is 20.2. The lowest BCUT2D eigenvalue weighted by atomic mass is 9.79. The van der Waals surface area contributed by atoms with Crippen LogP contribution in [0, 0.1) is 11.8 Å². The summed E-state index contributed by atoms with van der Waals surface area (Å²) in [5, 5.41) is 3.69. The molecule has 1 N–H and O–H groups in total. The van der Waals surface area contributed by atoms with E-state index in [1.54, 1.807) is 0 Å². The lowest BCUT2D eigenvalue weighted by Gasteiger charge is -2.46. The standard InChI is InChI=1S/C23H33N3O3/c27-22(25-11-4-5-12-25)10-6-9-21-19-13-18(14-24-21)15-26(16-19)23(28)17-29-20-7-2-1-3-8-20/h1-3,7-8,18-19,21,24H,4-6,9-17H2/t18-,19+,21+/m0/s1. The molecular weight excluding hydrogens is 366 g/mol. The molecule has 2 bridgehead atoms. The molecule has 0 spiro atoms. The van der Waals surface area contributed by atoms with Gasteiger partial charge in [-0.3, -0.25) is 9.59 Å². The predicted octanol–water partition coefficient (Wildman–Crippen LogP) is 2.29. The van der Waals surface area contributed by atoms with Gasteiger partial charge < -0.3 is 19.9 Å². The third-order valence-electron chi connectivity index (χ3n) is 6.63. The van der Waals surface area contributed by atoms with Crippen molar-refractivity contribution in [3.8, 4) is 5.75 Å². The number of likely N-dealkylation sites (tertiary alicyclic amines) is 2. The highest BCUT2D eigenvalue weighted by Crippen LogP contribution is 2.30. The van der Waals surface area contributed by atoms with E-state index in [0.717, 1.165) is 64.2 Å². The number of ether oxygens (including phenoxy) is 1. The zero-order valence-corrected chi connectivity index (χ0v) is 17.2. The number of fused-ring (bicyclic) bond motifs is 2. The minimum absolute atomic E-state index is 0.0772. The lowest BCUT2D eigenvalue weighted by Crippen LogP contribution is -2.57. The van der Waals surface area contributed by atoms with Gasteiger partial charge in [0.2, 0.25) is 5.91 Å². The Morgan fingerprint density at radius 2 is 1.83 bits per heavy atom. The van der Waals surface area contributed by atoms with Gasteiger partial charge in [-0.1, -0.05) is 18.2 Å². The molecule has 2 amide bonds. The predicted molar refractivity (Wildman–Crippen MR) is 112 cm³/mol. The van der Waals surface area contributed by atoms with Gasteiger partial charge in [0.05, 0.1) is 0 Å². The molecule has 3 heterocycles. The van der Waals surface area contributed by atoms with Gasteiger partial charge >= 0.3 is 0 Å². The van der Waals surface area contributed by atoms with E-state index in [2.05, 4.69) is 5.32 Å². The van der Waals surface area contributed by atoms with E-state index in [0.29, 0.717) is 30.2 Å². The fourth-order valence-corrected chi connectivity index (χ4v) is 5.06. The zero-order chi connectivity index (χ0) is 20.1. The number of hydrogen-bond acceptors (Lipinski definition) is 4. The summed E-state index contributed by atoms with van der Waals surface area (Å²) in [6.45, 7) is 4.56. The smallest absolute Gasteiger partial charge is 0.260 e. The average Bonchev–Trinajstić information content (AvgIpc) is 3.29. The zero-order valence-electron chi connectivity index (χ0n) is 17.2. The maximum absolute atomic E-state index is 12.7. The summed E-state index contributed by atoms with van der Waals surface area (Å²) < 4.78 is 5.66. The second kappa shape index (κ2) is 9.61. The van der Waals surface area contributed by atoms with E-state index >= 15 is 0 Å². The maximum Gasteiger partial charge on any atom is 0.260 e. The Kier molecular flexibility index (Phi) is 6.70. The Morgan fingerprint density at radius 3 is 2.62 bits per heavy atom. The Morgan fingerprint density at radius 1 is 1.03 bits per heavy atom. The number of amides is 2. The molecule has 29 heavy (non-hydrogen) atoms. The molecule has 0 radical (unpaired) electrons. The van der Waals surface area contributed by atoms with Crippen molar-refractivity contribution >= 4 is 11.8 Å². The van der Waals surface area contributed by atoms with Crippen LogP contribution in [0.3, 0.4) is 0 Å². The third-order valence-corrected chi connectivity index (χ3v) is 6.63. The molecule has 6 nitrogen and oxygen atoms in total. The molecule has 6 heteroatoms. The number of piperidine rings is 2. The van der Waals surface area contributed by atoms with Crippen LogP contribution in [-0.4, -0.2) is 67.0 Å². The molecule has 0 aromatic heterocycles. The second-order valence-electron chi connectivity index (χ2n) is 8.76. The van der Waals surface area contributed by atoms with Crippen LogP contribution in [0.2, 0.25) is 0 Å². The molecule has 0 unspecified atom stereocenters. The van der Waals surface area contributed by atoms with Crippen molar-refractivity contribution in [2.45, 2.75) is 44.6 Å². The molecular formula is C23H33N3O3. The van der Waals surface area contributed by atoms with Gasteiger partial charge in [-0.25, -0.2) is 0 Å². The highest BCUT2D eigenvalue weighted by atomic mass is 16.5. The highest BCUT2D eigenvalue weighted by molar-refractivity contribution is 5.78. The summed E-state index contributed by atoms with van der Waals surface area (Å²) in [7, 11) is 0. The average molecular weight is 400 g/mol. The van der Waals surface area contributed by atoms with Gasteiger partial charge in [0.25, 0.3) is 5.91 Å². The second-order valence-corrected chi connectivity index (χ2v) is 8.76. The number of benzene rings is 1. The van der Waals surface area contributed by atoms with E-state index in [-0.39, 0.29) is 12.5 Å². The van der Waals surface area contributed by atoms with E-state index in [9.17, 15) is 9.59 Å². The number of carbonyl (C=O) groups is 2. The molecule has 0 aliphatic carbocycles. The fraction of sp³-hybridized carbons (Fsp3) is 0.652. The Balaban J connectivity index is 1.23. The van der Waals surface area contributed by atoms with Crippen LogP contribution in [0.15, 0.2) is 30.3 Å². The normalized spacial score (nSPS) is 26.4. The lowest BCUT2D eigenvalue weighted by molar-refractivity contribution is -0.137. The fourth-order valence-electron chi connectivity index (χ4n) is 5.06. The van der Waals surface area contributed by atoms with Crippen LogP contribution >= 0.6 is 0 Å². The number of hydrogen-bond donors (Lipinski definition) is 1. The van der Waals surface area contributed by atoms with Gasteiger partial charge in [-0.05, 0) is 62.6 Å². The summed E-state index contributed by atoms with van der Waals surface area (Å²) in [5.74, 6) is 2.13. The van der Waals surface area contributed by atoms with Crippen LogP contribution in [-0.2, 0) is 9.59 Å². The topological polar surface area (TPSA) is 61.9 Å². The minimum atomic E-state index is 0.0772. The number of rotatable bonds is 7. The molecule has 1 aromatic rings. The summed E-state index contributed by atoms with van der Waals surface area (Å²) in [6.07, 6.45) is 6.08. The van der Waals surface area contributed by atoms with Crippen LogP contribution < -0.4 is 10.1 Å². The van der Waals surface area contributed by atoms with E-state index in [4.69, 9.17) is 4.74 Å². The Hall–Kier alpha value is -2.08. The SMILES string of the molecule is O=C(CCC[C@H]1NC[C@@H]2C[C@@H]1CN(C(=O)COc1ccccc1)C2)N1CCCC1. The van der Waals surface area contributed by atoms with Crippen molar-refractivity contribution in [1.82, 2.24) is 15.1 Å². The number of nitrogens with zero attached hydrogens (tertiary/aromatic N) is 2. The van der Waals surface area contributed by atoms with Crippen LogP contribution in [0.4, 0.5) is 0 Å². The van der Waals surface area contributed by atoms with Crippen LogP contribution in [0.25, 0.3) is 0 Å². The van der Waals surface area contributed by atoms with E-state index in [1.165, 1.54) is 6.42 Å². The van der Waals surface area contributed by atoms with Gasteiger partial charge in [0, 0.05) is 38.6 Å². The number of para-hydroxylation sites is 1. The molecule has 3 aliphatic rings. The maximum atomic E-state index is 12.7. The Bertz CT molecular complexity index is 690. The molecule has 3 aliphatic heterocycles. The van der Waals surface area contributed by atoms with Crippen LogP contribution in [0.5, 0.6) is 5.75 Å². The largest absolute Gasteiger partial charge is 0.484 e. The van der Waals surface area contributed by atoms with Gasteiger partial charge in [-0.2, -0.15) is 0 Å². The van der Waals surface area contributed by atoms with Crippen molar-refractivity contribution in [1.29, 1.82) is 0 Å². The summed E-state index contributed by atoms with van der Waals surface area (Å²) in [5.41, 5.74) is 0. The monoisotopic (exact) mass is 399 g/mol. The molecule has 158 valence electrons. The first-order valence-corrected chi connectivity index (χ1v) is 11.2. The van der Waals surface area contributed by atoms with Crippen LogP contribution in [0.1, 0.15) is 38.5 Å². The molecule has 3 fully saturated rings. The molecule has 3 atom stereocenters. The third kappa shape index (κ3) is 5.30. The van der Waals surface area contributed by atoms with Crippen molar-refractivity contribution in [3.05, 3.63) is 30.3 Å². The first-order chi connectivity index (χ1) is 14.2. The summed E-state index contributed by atoms with van der Waals surface area (Å²) in [6, 6.07) is 9.92. The summed E-state index contributed by atoms with van der Waals surface area (Å²) >= 11 is 0. The number of nitrogens with one attached hydrogen (secondary N) is 1. The van der Waals surface area contributed by atoms with E-state index in [1.807, 2.05) is 40.1 Å². The van der Waals surface area contributed by atoms with Gasteiger partial charge in [0.1, 0.15) is 5.75 Å². The van der Waals surface area contributed by atoms with Crippen molar-refractivity contribution in [2.24, 2.45) is 11.8 Å². The molecule has 4 rings (SSSR count). The van der Waals surface area contributed by atoms with Gasteiger partial charge in [-0.15, -0.1) is 0 Å². The summed E-state index contributed by atoms with van der Waals surface area (Å²) in [4.78, 5) is 29.0. The van der Waals surface area contributed by atoms with Crippen molar-refractivity contribution in [3.63, 3.8) is 0 Å².